The van der Waals surface area contributed by atoms with E-state index in [-0.39, 0.29) is 0 Å². The van der Waals surface area contributed by atoms with Gasteiger partial charge in [0.2, 0.25) is 0 Å². The summed E-state index contributed by atoms with van der Waals surface area (Å²) in [6.07, 6.45) is 3.47. The molecule has 0 aromatic carbocycles. The lowest BCUT2D eigenvalue weighted by atomic mass is 9.98. The van der Waals surface area contributed by atoms with Crippen molar-refractivity contribution in [1.29, 1.82) is 0 Å². The van der Waals surface area contributed by atoms with Crippen molar-refractivity contribution in [2.45, 2.75) is 33.1 Å². The molecule has 1 aromatic rings. The number of nitrogens with zero attached hydrogens (tertiary/aromatic N) is 2. The second kappa shape index (κ2) is 5.15. The summed E-state index contributed by atoms with van der Waals surface area (Å²) in [6, 6.07) is 2.15. The van der Waals surface area contributed by atoms with E-state index >= 15 is 0 Å². The Labute approximate surface area is 86.3 Å². The van der Waals surface area contributed by atoms with Gasteiger partial charge in [-0.1, -0.05) is 13.3 Å². The van der Waals surface area contributed by atoms with Gasteiger partial charge in [-0.15, -0.1) is 0 Å². The molecule has 0 radical (unpaired) electrons. The highest BCUT2D eigenvalue weighted by Gasteiger charge is 2.10. The first-order valence-electron chi connectivity index (χ1n) is 5.37. The van der Waals surface area contributed by atoms with Crippen LogP contribution in [0.3, 0.4) is 0 Å². The third-order valence-corrected chi connectivity index (χ3v) is 2.63. The van der Waals surface area contributed by atoms with E-state index in [1.54, 1.807) is 0 Å². The normalized spacial score (nSPS) is 13.1. The van der Waals surface area contributed by atoms with Crippen molar-refractivity contribution in [3.63, 3.8) is 0 Å². The molecule has 0 saturated heterocycles. The number of hydrogen-bond donors (Lipinski definition) is 1. The van der Waals surface area contributed by atoms with Crippen molar-refractivity contribution in [3.8, 4) is 0 Å². The van der Waals surface area contributed by atoms with Gasteiger partial charge in [-0.3, -0.25) is 4.68 Å². The SMILES string of the molecule is CCCC(CN)Cc1cc(C)nn1C. The molecule has 1 atom stereocenters. The second-order valence-corrected chi connectivity index (χ2v) is 4.00. The van der Waals surface area contributed by atoms with Crippen molar-refractivity contribution in [3.05, 3.63) is 17.5 Å². The minimum Gasteiger partial charge on any atom is -0.330 e. The number of hydrogen-bond acceptors (Lipinski definition) is 2. The highest BCUT2D eigenvalue weighted by atomic mass is 15.3. The lowest BCUT2D eigenvalue weighted by Gasteiger charge is -2.13. The number of aryl methyl sites for hydroxylation is 2. The van der Waals surface area contributed by atoms with Crippen molar-refractivity contribution in [1.82, 2.24) is 9.78 Å². The van der Waals surface area contributed by atoms with Crippen LogP contribution in [-0.4, -0.2) is 16.3 Å². The molecular formula is C11H21N3. The Bertz CT molecular complexity index is 278. The van der Waals surface area contributed by atoms with Gasteiger partial charge in [-0.25, -0.2) is 0 Å². The zero-order valence-electron chi connectivity index (χ0n) is 9.45. The van der Waals surface area contributed by atoms with Gasteiger partial charge < -0.3 is 5.73 Å². The maximum atomic E-state index is 5.73. The summed E-state index contributed by atoms with van der Waals surface area (Å²) in [4.78, 5) is 0. The minimum atomic E-state index is 0.606. The van der Waals surface area contributed by atoms with Gasteiger partial charge in [0.25, 0.3) is 0 Å². The Balaban J connectivity index is 2.61. The summed E-state index contributed by atoms with van der Waals surface area (Å²) < 4.78 is 1.97. The Hall–Kier alpha value is -0.830. The standard InChI is InChI=1S/C11H21N3/c1-4-5-10(8-12)7-11-6-9(2)13-14(11)3/h6,10H,4-5,7-8,12H2,1-3H3. The molecule has 0 bridgehead atoms. The summed E-state index contributed by atoms with van der Waals surface area (Å²) in [6.45, 7) is 5.01. The van der Waals surface area contributed by atoms with Gasteiger partial charge in [0.05, 0.1) is 5.69 Å². The van der Waals surface area contributed by atoms with Crippen LogP contribution in [0.2, 0.25) is 0 Å². The molecule has 0 spiro atoms. The van der Waals surface area contributed by atoms with Gasteiger partial charge in [-0.05, 0) is 38.3 Å². The summed E-state index contributed by atoms with van der Waals surface area (Å²) in [7, 11) is 2.00. The molecule has 1 aromatic heterocycles. The van der Waals surface area contributed by atoms with E-state index in [9.17, 15) is 0 Å². The Morgan fingerprint density at radius 3 is 2.71 bits per heavy atom. The topological polar surface area (TPSA) is 43.8 Å². The zero-order chi connectivity index (χ0) is 10.6. The van der Waals surface area contributed by atoms with Crippen LogP contribution in [0.25, 0.3) is 0 Å². The molecule has 14 heavy (non-hydrogen) atoms. The van der Waals surface area contributed by atoms with Crippen LogP contribution in [-0.2, 0) is 13.5 Å². The molecule has 3 nitrogen and oxygen atoms in total. The van der Waals surface area contributed by atoms with Crippen LogP contribution in [0.4, 0.5) is 0 Å². The monoisotopic (exact) mass is 195 g/mol. The van der Waals surface area contributed by atoms with Gasteiger partial charge in [0.1, 0.15) is 0 Å². The summed E-state index contributed by atoms with van der Waals surface area (Å²) >= 11 is 0. The average Bonchev–Trinajstić information content (AvgIpc) is 2.44. The fraction of sp³-hybridized carbons (Fsp3) is 0.727. The van der Waals surface area contributed by atoms with Crippen molar-refractivity contribution < 1.29 is 0 Å². The van der Waals surface area contributed by atoms with E-state index in [1.165, 1.54) is 18.5 Å². The molecule has 2 N–H and O–H groups in total. The van der Waals surface area contributed by atoms with Crippen LogP contribution >= 0.6 is 0 Å². The van der Waals surface area contributed by atoms with Crippen LogP contribution in [0.1, 0.15) is 31.2 Å². The van der Waals surface area contributed by atoms with E-state index < -0.39 is 0 Å². The maximum Gasteiger partial charge on any atom is 0.0596 e. The van der Waals surface area contributed by atoms with E-state index in [0.29, 0.717) is 5.92 Å². The minimum absolute atomic E-state index is 0.606. The second-order valence-electron chi connectivity index (χ2n) is 4.00. The predicted molar refractivity (Wildman–Crippen MR) is 59.1 cm³/mol. The number of rotatable bonds is 5. The number of aromatic nitrogens is 2. The molecule has 0 saturated carbocycles. The Morgan fingerprint density at radius 2 is 2.29 bits per heavy atom. The van der Waals surface area contributed by atoms with E-state index in [0.717, 1.165) is 18.7 Å². The fourth-order valence-corrected chi connectivity index (χ4v) is 1.86. The lowest BCUT2D eigenvalue weighted by Crippen LogP contribution is -2.18. The van der Waals surface area contributed by atoms with Crippen LogP contribution in [0.5, 0.6) is 0 Å². The van der Waals surface area contributed by atoms with Crippen molar-refractivity contribution >= 4 is 0 Å². The smallest absolute Gasteiger partial charge is 0.0596 e. The van der Waals surface area contributed by atoms with Gasteiger partial charge in [-0.2, -0.15) is 5.10 Å². The molecule has 1 heterocycles. The molecule has 0 fully saturated rings. The first kappa shape index (κ1) is 11.2. The fourth-order valence-electron chi connectivity index (χ4n) is 1.86. The zero-order valence-corrected chi connectivity index (χ0v) is 9.45. The molecule has 0 aliphatic rings. The quantitative estimate of drug-likeness (QED) is 0.776. The van der Waals surface area contributed by atoms with E-state index in [2.05, 4.69) is 18.1 Å². The third-order valence-electron chi connectivity index (χ3n) is 2.63. The first-order valence-corrected chi connectivity index (χ1v) is 5.37. The average molecular weight is 195 g/mol. The summed E-state index contributed by atoms with van der Waals surface area (Å²) in [5, 5.41) is 4.33. The van der Waals surface area contributed by atoms with Gasteiger partial charge in [0.15, 0.2) is 0 Å². The molecule has 80 valence electrons. The van der Waals surface area contributed by atoms with Crippen molar-refractivity contribution in [2.75, 3.05) is 6.54 Å². The third kappa shape index (κ3) is 2.84. The maximum absolute atomic E-state index is 5.73. The molecule has 1 rings (SSSR count). The molecule has 3 heteroatoms. The Kier molecular flexibility index (Phi) is 4.14. The highest BCUT2D eigenvalue weighted by Crippen LogP contribution is 2.13. The Morgan fingerprint density at radius 1 is 1.57 bits per heavy atom. The van der Waals surface area contributed by atoms with Crippen LogP contribution < -0.4 is 5.73 Å². The van der Waals surface area contributed by atoms with Gasteiger partial charge >= 0.3 is 0 Å². The van der Waals surface area contributed by atoms with E-state index in [1.807, 2.05) is 18.7 Å². The van der Waals surface area contributed by atoms with Crippen LogP contribution in [0.15, 0.2) is 6.07 Å². The van der Waals surface area contributed by atoms with Crippen LogP contribution in [0, 0.1) is 12.8 Å². The summed E-state index contributed by atoms with van der Waals surface area (Å²) in [5.74, 6) is 0.606. The first-order chi connectivity index (χ1) is 6.67. The molecule has 0 aliphatic heterocycles. The molecule has 0 amide bonds. The summed E-state index contributed by atoms with van der Waals surface area (Å²) in [5.41, 5.74) is 8.12. The predicted octanol–water partition coefficient (Wildman–Crippen LogP) is 1.65. The van der Waals surface area contributed by atoms with Gasteiger partial charge in [0, 0.05) is 12.7 Å². The van der Waals surface area contributed by atoms with E-state index in [4.69, 9.17) is 5.73 Å². The highest BCUT2D eigenvalue weighted by molar-refractivity contribution is 5.09. The molecular weight excluding hydrogens is 174 g/mol. The lowest BCUT2D eigenvalue weighted by molar-refractivity contribution is 0.472. The number of nitrogens with two attached hydrogens (primary N) is 1. The largest absolute Gasteiger partial charge is 0.330 e. The molecule has 0 aliphatic carbocycles. The van der Waals surface area contributed by atoms with Crippen molar-refractivity contribution in [2.24, 2.45) is 18.7 Å². The molecule has 1 unspecified atom stereocenters.